The van der Waals surface area contributed by atoms with Gasteiger partial charge >= 0.3 is 0 Å². The third-order valence-corrected chi connectivity index (χ3v) is 2.90. The van der Waals surface area contributed by atoms with E-state index in [1.165, 1.54) is 13.2 Å². The second kappa shape index (κ2) is 6.00. The summed E-state index contributed by atoms with van der Waals surface area (Å²) in [6.45, 7) is 4.12. The van der Waals surface area contributed by atoms with E-state index in [9.17, 15) is 4.39 Å². The zero-order chi connectivity index (χ0) is 14.7. The second-order valence-electron chi connectivity index (χ2n) is 5.01. The molecule has 1 heterocycles. The molecule has 1 aromatic carbocycles. The predicted molar refractivity (Wildman–Crippen MR) is 72.6 cm³/mol. The first-order chi connectivity index (χ1) is 9.52. The van der Waals surface area contributed by atoms with Crippen LogP contribution in [-0.4, -0.2) is 17.3 Å². The van der Waals surface area contributed by atoms with E-state index in [-0.39, 0.29) is 17.6 Å². The quantitative estimate of drug-likeness (QED) is 0.910. The Bertz CT molecular complexity index is 584. The second-order valence-corrected chi connectivity index (χ2v) is 5.01. The van der Waals surface area contributed by atoms with Crippen LogP contribution < -0.4 is 10.5 Å². The van der Waals surface area contributed by atoms with Crippen molar-refractivity contribution in [3.05, 3.63) is 29.9 Å². The minimum absolute atomic E-state index is 0.0947. The SMILES string of the molecule is COc1c(F)cccc1-c1noc([C@H](N)CC(C)C)n1. The molecule has 2 aromatic rings. The third-order valence-electron chi connectivity index (χ3n) is 2.90. The van der Waals surface area contributed by atoms with Crippen LogP contribution in [0.3, 0.4) is 0 Å². The molecule has 0 fully saturated rings. The lowest BCUT2D eigenvalue weighted by atomic mass is 10.0. The van der Waals surface area contributed by atoms with E-state index in [1.807, 2.05) is 0 Å². The maximum Gasteiger partial charge on any atom is 0.243 e. The molecule has 1 aromatic heterocycles. The van der Waals surface area contributed by atoms with Crippen LogP contribution in [-0.2, 0) is 0 Å². The van der Waals surface area contributed by atoms with Crippen molar-refractivity contribution in [2.45, 2.75) is 26.3 Å². The molecule has 108 valence electrons. The van der Waals surface area contributed by atoms with Crippen LogP contribution >= 0.6 is 0 Å². The van der Waals surface area contributed by atoms with E-state index in [4.69, 9.17) is 15.0 Å². The predicted octanol–water partition coefficient (Wildman–Crippen LogP) is 2.93. The largest absolute Gasteiger partial charge is 0.493 e. The van der Waals surface area contributed by atoms with Gasteiger partial charge < -0.3 is 15.0 Å². The van der Waals surface area contributed by atoms with E-state index in [1.54, 1.807) is 12.1 Å². The highest BCUT2D eigenvalue weighted by molar-refractivity contribution is 5.63. The number of methoxy groups -OCH3 is 1. The van der Waals surface area contributed by atoms with E-state index in [0.717, 1.165) is 6.42 Å². The minimum atomic E-state index is -0.470. The number of ether oxygens (including phenoxy) is 1. The first kappa shape index (κ1) is 14.5. The van der Waals surface area contributed by atoms with Gasteiger partial charge in [0, 0.05) is 0 Å². The zero-order valence-corrected chi connectivity index (χ0v) is 11.8. The van der Waals surface area contributed by atoms with Gasteiger partial charge in [0.25, 0.3) is 0 Å². The number of nitrogens with two attached hydrogens (primary N) is 1. The highest BCUT2D eigenvalue weighted by Crippen LogP contribution is 2.31. The summed E-state index contributed by atoms with van der Waals surface area (Å²) in [5.74, 6) is 0.666. The van der Waals surface area contributed by atoms with Crippen LogP contribution in [0.4, 0.5) is 4.39 Å². The summed E-state index contributed by atoms with van der Waals surface area (Å²) in [6.07, 6.45) is 0.738. The first-order valence-corrected chi connectivity index (χ1v) is 6.45. The van der Waals surface area contributed by atoms with E-state index >= 15 is 0 Å². The number of halogens is 1. The Morgan fingerprint density at radius 2 is 2.15 bits per heavy atom. The summed E-state index contributed by atoms with van der Waals surface area (Å²) in [5, 5.41) is 3.85. The molecule has 2 N–H and O–H groups in total. The summed E-state index contributed by atoms with van der Waals surface area (Å²) >= 11 is 0. The molecule has 0 amide bonds. The topological polar surface area (TPSA) is 74.2 Å². The summed E-state index contributed by atoms with van der Waals surface area (Å²) in [7, 11) is 1.40. The standard InChI is InChI=1S/C14H18FN3O2/c1-8(2)7-11(16)14-17-13(18-20-14)9-5-4-6-10(15)12(9)19-3/h4-6,8,11H,7,16H2,1-3H3/t11-/m1/s1. The monoisotopic (exact) mass is 279 g/mol. The van der Waals surface area contributed by atoms with Gasteiger partial charge in [-0.15, -0.1) is 0 Å². The average Bonchev–Trinajstić information content (AvgIpc) is 2.87. The molecule has 0 saturated carbocycles. The Morgan fingerprint density at radius 3 is 2.80 bits per heavy atom. The molecule has 0 aliphatic heterocycles. The van der Waals surface area contributed by atoms with E-state index in [2.05, 4.69) is 24.0 Å². The van der Waals surface area contributed by atoms with Crippen molar-refractivity contribution in [1.82, 2.24) is 10.1 Å². The number of hydrogen-bond donors (Lipinski definition) is 1. The molecule has 0 spiro atoms. The Morgan fingerprint density at radius 1 is 1.40 bits per heavy atom. The maximum absolute atomic E-state index is 13.6. The van der Waals surface area contributed by atoms with Crippen molar-refractivity contribution in [2.24, 2.45) is 11.7 Å². The Balaban J connectivity index is 2.31. The summed E-state index contributed by atoms with van der Waals surface area (Å²) in [5.41, 5.74) is 6.43. The van der Waals surface area contributed by atoms with Gasteiger partial charge in [0.05, 0.1) is 18.7 Å². The van der Waals surface area contributed by atoms with Crippen molar-refractivity contribution >= 4 is 0 Å². The van der Waals surface area contributed by atoms with Crippen molar-refractivity contribution in [2.75, 3.05) is 7.11 Å². The molecule has 6 heteroatoms. The lowest BCUT2D eigenvalue weighted by molar-refractivity contribution is 0.335. The fourth-order valence-corrected chi connectivity index (χ4v) is 2.00. The molecule has 1 atom stereocenters. The molecule has 0 aliphatic rings. The zero-order valence-electron chi connectivity index (χ0n) is 11.8. The van der Waals surface area contributed by atoms with Crippen LogP contribution in [0.15, 0.2) is 22.7 Å². The molecule has 5 nitrogen and oxygen atoms in total. The van der Waals surface area contributed by atoms with Gasteiger partial charge in [-0.05, 0) is 24.5 Å². The summed E-state index contributed by atoms with van der Waals surface area (Å²) in [4.78, 5) is 4.23. The number of para-hydroxylation sites is 1. The lowest BCUT2D eigenvalue weighted by Gasteiger charge is -2.08. The average molecular weight is 279 g/mol. The van der Waals surface area contributed by atoms with Crippen molar-refractivity contribution in [1.29, 1.82) is 0 Å². The minimum Gasteiger partial charge on any atom is -0.493 e. The van der Waals surface area contributed by atoms with E-state index in [0.29, 0.717) is 17.4 Å². The Kier molecular flexibility index (Phi) is 4.34. The van der Waals surface area contributed by atoms with Gasteiger partial charge in [-0.1, -0.05) is 25.1 Å². The van der Waals surface area contributed by atoms with Crippen LogP contribution in [0, 0.1) is 11.7 Å². The molecule has 0 bridgehead atoms. The number of hydrogen-bond acceptors (Lipinski definition) is 5. The fraction of sp³-hybridized carbons (Fsp3) is 0.429. The Hall–Kier alpha value is -1.95. The molecule has 0 aliphatic carbocycles. The van der Waals surface area contributed by atoms with Gasteiger partial charge in [-0.2, -0.15) is 4.98 Å². The highest BCUT2D eigenvalue weighted by Gasteiger charge is 2.20. The van der Waals surface area contributed by atoms with Gasteiger partial charge in [0.1, 0.15) is 0 Å². The number of rotatable bonds is 5. The van der Waals surface area contributed by atoms with Crippen LogP contribution in [0.25, 0.3) is 11.4 Å². The molecule has 0 unspecified atom stereocenters. The number of aromatic nitrogens is 2. The maximum atomic E-state index is 13.6. The van der Waals surface area contributed by atoms with Gasteiger partial charge in [0.2, 0.25) is 11.7 Å². The van der Waals surface area contributed by atoms with Gasteiger partial charge in [-0.25, -0.2) is 4.39 Å². The van der Waals surface area contributed by atoms with Crippen LogP contribution in [0.5, 0.6) is 5.75 Å². The Labute approximate surface area is 116 Å². The van der Waals surface area contributed by atoms with Crippen LogP contribution in [0.1, 0.15) is 32.2 Å². The molecular formula is C14H18FN3O2. The van der Waals surface area contributed by atoms with E-state index < -0.39 is 5.82 Å². The number of nitrogens with zero attached hydrogens (tertiary/aromatic N) is 2. The lowest BCUT2D eigenvalue weighted by Crippen LogP contribution is -2.13. The van der Waals surface area contributed by atoms with Crippen LogP contribution in [0.2, 0.25) is 0 Å². The normalized spacial score (nSPS) is 12.7. The van der Waals surface area contributed by atoms with Gasteiger partial charge in [0.15, 0.2) is 11.6 Å². The molecule has 0 saturated heterocycles. The van der Waals surface area contributed by atoms with Crippen molar-refractivity contribution in [3.63, 3.8) is 0 Å². The summed E-state index contributed by atoms with van der Waals surface area (Å²) < 4.78 is 23.8. The smallest absolute Gasteiger partial charge is 0.243 e. The first-order valence-electron chi connectivity index (χ1n) is 6.45. The van der Waals surface area contributed by atoms with Gasteiger partial charge in [-0.3, -0.25) is 0 Å². The fourth-order valence-electron chi connectivity index (χ4n) is 2.00. The van der Waals surface area contributed by atoms with Crippen molar-refractivity contribution in [3.8, 4) is 17.1 Å². The molecule has 0 radical (unpaired) electrons. The molecule has 20 heavy (non-hydrogen) atoms. The van der Waals surface area contributed by atoms with Crippen molar-refractivity contribution < 1.29 is 13.7 Å². The number of benzene rings is 1. The highest BCUT2D eigenvalue weighted by atomic mass is 19.1. The summed E-state index contributed by atoms with van der Waals surface area (Å²) in [6, 6.07) is 4.23. The molecule has 2 rings (SSSR count). The third kappa shape index (κ3) is 2.96. The molecular weight excluding hydrogens is 261 g/mol.